The number of sulfonamides is 1. The molecule has 2 N–H and O–H groups in total. The van der Waals surface area contributed by atoms with Crippen LogP contribution in [0.5, 0.6) is 0 Å². The zero-order valence-corrected chi connectivity index (χ0v) is 25.2. The van der Waals surface area contributed by atoms with E-state index < -0.39 is 10.0 Å². The number of piperidine rings is 2. The van der Waals surface area contributed by atoms with Crippen molar-refractivity contribution in [1.29, 1.82) is 0 Å². The molecule has 2 amide bonds. The van der Waals surface area contributed by atoms with Crippen LogP contribution in [0.25, 0.3) is 0 Å². The molecule has 40 heavy (non-hydrogen) atoms. The van der Waals surface area contributed by atoms with Crippen molar-refractivity contribution < 1.29 is 18.0 Å². The van der Waals surface area contributed by atoms with Gasteiger partial charge in [0.15, 0.2) is 0 Å². The second-order valence-corrected chi connectivity index (χ2v) is 13.3. The molecule has 2 aromatic carbocycles. The first-order valence-corrected chi connectivity index (χ1v) is 16.2. The van der Waals surface area contributed by atoms with E-state index in [1.807, 2.05) is 23.1 Å². The summed E-state index contributed by atoms with van der Waals surface area (Å²) in [6.45, 7) is 6.23. The first-order valence-electron chi connectivity index (χ1n) is 13.9. The predicted molar refractivity (Wildman–Crippen MR) is 159 cm³/mol. The normalized spacial score (nSPS) is 17.6. The summed E-state index contributed by atoms with van der Waals surface area (Å²) in [5.41, 5.74) is 1.87. The Morgan fingerprint density at radius 3 is 2.17 bits per heavy atom. The van der Waals surface area contributed by atoms with Gasteiger partial charge in [-0.05, 0) is 100.0 Å². The van der Waals surface area contributed by atoms with E-state index >= 15 is 0 Å². The van der Waals surface area contributed by atoms with Crippen molar-refractivity contribution in [1.82, 2.24) is 9.80 Å². The molecule has 0 spiro atoms. The Hall–Kier alpha value is -2.17. The van der Waals surface area contributed by atoms with Crippen molar-refractivity contribution in [3.8, 4) is 0 Å². The molecule has 8 nitrogen and oxygen atoms in total. The van der Waals surface area contributed by atoms with Crippen LogP contribution < -0.4 is 10.0 Å². The minimum absolute atomic E-state index is 0.0518. The number of nitrogens with zero attached hydrogens (tertiary/aromatic N) is 3. The Kier molecular flexibility index (Phi) is 10.5. The Morgan fingerprint density at radius 2 is 1.60 bits per heavy atom. The monoisotopic (exact) mass is 608 g/mol. The average Bonchev–Trinajstić information content (AvgIpc) is 2.93. The average molecular weight is 610 g/mol. The summed E-state index contributed by atoms with van der Waals surface area (Å²) in [6.07, 6.45) is 5.21. The van der Waals surface area contributed by atoms with Gasteiger partial charge in [0.1, 0.15) is 0 Å². The zero-order chi connectivity index (χ0) is 28.9. The van der Waals surface area contributed by atoms with Crippen LogP contribution in [0.1, 0.15) is 44.6 Å². The van der Waals surface area contributed by atoms with Crippen LogP contribution in [-0.2, 0) is 26.0 Å². The standard InChI is InChI=1S/C29H38Cl2N4O4S/c1-21(36)34-17-11-24(12-18-34)29(37)35(25-5-8-27(30)28(31)20-25)14-2-13-33-15-9-23(10-16-33)19-22-3-6-26(7-4-22)40(32,38)39/h3-8,20,23-24H,2,9-19H2,1H3,(H2,32,38,39). The third-order valence-corrected chi connectivity index (χ3v) is 9.78. The first-order chi connectivity index (χ1) is 19.0. The lowest BCUT2D eigenvalue weighted by Gasteiger charge is -2.35. The van der Waals surface area contributed by atoms with Gasteiger partial charge < -0.3 is 14.7 Å². The molecule has 0 unspecified atom stereocenters. The molecular weight excluding hydrogens is 571 g/mol. The number of primary sulfonamides is 1. The highest BCUT2D eigenvalue weighted by Gasteiger charge is 2.30. The minimum Gasteiger partial charge on any atom is -0.343 e. The molecule has 0 atom stereocenters. The number of rotatable bonds is 9. The van der Waals surface area contributed by atoms with Crippen molar-refractivity contribution in [2.45, 2.75) is 50.3 Å². The molecule has 2 heterocycles. The molecule has 0 aliphatic carbocycles. The Balaban J connectivity index is 1.29. The first kappa shape index (κ1) is 30.8. The number of hydrogen-bond acceptors (Lipinski definition) is 5. The van der Waals surface area contributed by atoms with E-state index in [2.05, 4.69) is 4.90 Å². The molecule has 218 valence electrons. The van der Waals surface area contributed by atoms with Gasteiger partial charge in [0, 0.05) is 38.2 Å². The van der Waals surface area contributed by atoms with Crippen LogP contribution in [-0.4, -0.2) is 69.3 Å². The summed E-state index contributed by atoms with van der Waals surface area (Å²) in [5, 5.41) is 6.08. The summed E-state index contributed by atoms with van der Waals surface area (Å²) < 4.78 is 23.0. The van der Waals surface area contributed by atoms with Crippen LogP contribution in [0.15, 0.2) is 47.4 Å². The van der Waals surface area contributed by atoms with E-state index in [0.29, 0.717) is 48.4 Å². The summed E-state index contributed by atoms with van der Waals surface area (Å²) in [4.78, 5) is 31.6. The second kappa shape index (κ2) is 13.7. The van der Waals surface area contributed by atoms with E-state index in [4.69, 9.17) is 28.3 Å². The maximum absolute atomic E-state index is 13.6. The number of carbonyl (C=O) groups is 2. The number of anilines is 1. The van der Waals surface area contributed by atoms with E-state index in [1.165, 1.54) is 0 Å². The molecule has 2 saturated heterocycles. The number of amides is 2. The van der Waals surface area contributed by atoms with Gasteiger partial charge in [-0.3, -0.25) is 9.59 Å². The third kappa shape index (κ3) is 8.19. The van der Waals surface area contributed by atoms with Gasteiger partial charge in [0.05, 0.1) is 14.9 Å². The van der Waals surface area contributed by atoms with Crippen molar-refractivity contribution in [2.75, 3.05) is 44.2 Å². The lowest BCUT2D eigenvalue weighted by Crippen LogP contribution is -2.45. The highest BCUT2D eigenvalue weighted by molar-refractivity contribution is 7.89. The van der Waals surface area contributed by atoms with Gasteiger partial charge in [0.25, 0.3) is 0 Å². The number of benzene rings is 2. The van der Waals surface area contributed by atoms with Gasteiger partial charge in [-0.1, -0.05) is 35.3 Å². The summed E-state index contributed by atoms with van der Waals surface area (Å²) in [6, 6.07) is 12.2. The Bertz CT molecular complexity index is 1290. The van der Waals surface area contributed by atoms with E-state index in [-0.39, 0.29) is 22.6 Å². The van der Waals surface area contributed by atoms with Gasteiger partial charge >= 0.3 is 0 Å². The number of hydrogen-bond donors (Lipinski definition) is 1. The molecule has 11 heteroatoms. The van der Waals surface area contributed by atoms with Crippen LogP contribution in [0.3, 0.4) is 0 Å². The van der Waals surface area contributed by atoms with E-state index in [1.54, 1.807) is 36.1 Å². The van der Waals surface area contributed by atoms with E-state index in [0.717, 1.165) is 56.6 Å². The topological polar surface area (TPSA) is 104 Å². The van der Waals surface area contributed by atoms with Crippen LogP contribution in [0, 0.1) is 11.8 Å². The third-order valence-electron chi connectivity index (χ3n) is 8.11. The summed E-state index contributed by atoms with van der Waals surface area (Å²) >= 11 is 12.4. The van der Waals surface area contributed by atoms with Crippen LogP contribution >= 0.6 is 23.2 Å². The number of nitrogens with two attached hydrogens (primary N) is 1. The number of carbonyl (C=O) groups excluding carboxylic acids is 2. The molecule has 0 aromatic heterocycles. The highest BCUT2D eigenvalue weighted by atomic mass is 35.5. The lowest BCUT2D eigenvalue weighted by molar-refractivity contribution is -0.133. The van der Waals surface area contributed by atoms with Crippen molar-refractivity contribution in [3.05, 3.63) is 58.1 Å². The van der Waals surface area contributed by atoms with Crippen LogP contribution in [0.2, 0.25) is 10.0 Å². The van der Waals surface area contributed by atoms with Crippen LogP contribution in [0.4, 0.5) is 5.69 Å². The molecule has 0 radical (unpaired) electrons. The molecule has 0 bridgehead atoms. The molecule has 0 saturated carbocycles. The molecule has 2 aromatic rings. The van der Waals surface area contributed by atoms with Gasteiger partial charge in [0.2, 0.25) is 21.8 Å². The highest BCUT2D eigenvalue weighted by Crippen LogP contribution is 2.30. The zero-order valence-electron chi connectivity index (χ0n) is 22.9. The second-order valence-electron chi connectivity index (χ2n) is 10.9. The van der Waals surface area contributed by atoms with E-state index in [9.17, 15) is 18.0 Å². The Morgan fingerprint density at radius 1 is 0.950 bits per heavy atom. The fourth-order valence-corrected chi connectivity index (χ4v) is 6.50. The minimum atomic E-state index is -3.67. The fourth-order valence-electron chi connectivity index (χ4n) is 5.70. The van der Waals surface area contributed by atoms with Gasteiger partial charge in [-0.25, -0.2) is 13.6 Å². The summed E-state index contributed by atoms with van der Waals surface area (Å²) in [7, 11) is -3.67. The van der Waals surface area contributed by atoms with Crippen molar-refractivity contribution in [3.63, 3.8) is 0 Å². The number of likely N-dealkylation sites (tertiary alicyclic amines) is 2. The molecule has 2 fully saturated rings. The molecule has 2 aliphatic rings. The largest absolute Gasteiger partial charge is 0.343 e. The van der Waals surface area contributed by atoms with Crippen molar-refractivity contribution >= 4 is 50.7 Å². The predicted octanol–water partition coefficient (Wildman–Crippen LogP) is 4.58. The van der Waals surface area contributed by atoms with Crippen molar-refractivity contribution in [2.24, 2.45) is 17.0 Å². The van der Waals surface area contributed by atoms with Gasteiger partial charge in [-0.2, -0.15) is 0 Å². The lowest BCUT2D eigenvalue weighted by atomic mass is 9.90. The fraction of sp³-hybridized carbons (Fsp3) is 0.517. The van der Waals surface area contributed by atoms with Gasteiger partial charge in [-0.15, -0.1) is 0 Å². The Labute approximate surface area is 247 Å². The maximum atomic E-state index is 13.6. The molecule has 4 rings (SSSR count). The molecular formula is C29H38Cl2N4O4S. The smallest absolute Gasteiger partial charge is 0.238 e. The SMILES string of the molecule is CC(=O)N1CCC(C(=O)N(CCCN2CCC(Cc3ccc(S(N)(=O)=O)cc3)CC2)c2ccc(Cl)c(Cl)c2)CC1. The maximum Gasteiger partial charge on any atom is 0.238 e. The summed E-state index contributed by atoms with van der Waals surface area (Å²) in [5.74, 6) is 0.552. The number of halogens is 2. The molecule has 2 aliphatic heterocycles. The quantitative estimate of drug-likeness (QED) is 0.449.